The lowest BCUT2D eigenvalue weighted by Gasteiger charge is -2.36. The summed E-state index contributed by atoms with van der Waals surface area (Å²) in [5.41, 5.74) is 0.954. The molecule has 1 aromatic rings. The first kappa shape index (κ1) is 16.3. The Balaban J connectivity index is 1.87. The van der Waals surface area contributed by atoms with Gasteiger partial charge in [-0.25, -0.2) is 0 Å². The third-order valence-electron chi connectivity index (χ3n) is 4.27. The van der Waals surface area contributed by atoms with Crippen LogP contribution in [0.25, 0.3) is 0 Å². The van der Waals surface area contributed by atoms with Crippen molar-refractivity contribution in [3.63, 3.8) is 0 Å². The van der Waals surface area contributed by atoms with E-state index in [0.717, 1.165) is 55.8 Å². The summed E-state index contributed by atoms with van der Waals surface area (Å²) in [6, 6.07) is 7.82. The fourth-order valence-electron chi connectivity index (χ4n) is 3.17. The predicted molar refractivity (Wildman–Crippen MR) is 87.6 cm³/mol. The molecule has 0 spiro atoms. The molecule has 1 unspecified atom stereocenters. The van der Waals surface area contributed by atoms with Crippen molar-refractivity contribution in [3.8, 4) is 0 Å². The number of nitrogens with one attached hydrogen (secondary N) is 2. The monoisotopic (exact) mass is 308 g/mol. The Morgan fingerprint density at radius 2 is 2.33 bits per heavy atom. The molecule has 1 amide bonds. The van der Waals surface area contributed by atoms with Crippen molar-refractivity contribution >= 4 is 17.5 Å². The third kappa shape index (κ3) is 4.45. The van der Waals surface area contributed by atoms with Gasteiger partial charge < -0.3 is 10.6 Å². The van der Waals surface area contributed by atoms with Crippen molar-refractivity contribution in [1.29, 1.82) is 0 Å². The van der Waals surface area contributed by atoms with E-state index in [9.17, 15) is 4.79 Å². The molecule has 0 aromatic heterocycles. The van der Waals surface area contributed by atoms with E-state index in [0.29, 0.717) is 6.54 Å². The maximum absolute atomic E-state index is 12.6. The van der Waals surface area contributed by atoms with Gasteiger partial charge in [-0.15, -0.1) is 0 Å². The van der Waals surface area contributed by atoms with Crippen LogP contribution in [0.1, 0.15) is 38.2 Å². The lowest BCUT2D eigenvalue weighted by atomic mass is 9.76. The smallest absolute Gasteiger partial charge is 0.227 e. The molecule has 1 heterocycles. The summed E-state index contributed by atoms with van der Waals surface area (Å²) < 4.78 is 0. The highest BCUT2D eigenvalue weighted by Crippen LogP contribution is 2.31. The molecule has 21 heavy (non-hydrogen) atoms. The van der Waals surface area contributed by atoms with Crippen molar-refractivity contribution in [2.45, 2.75) is 39.0 Å². The molecular formula is C17H25ClN2O. The van der Waals surface area contributed by atoms with Crippen LogP contribution in [-0.2, 0) is 11.2 Å². The number of amides is 1. The summed E-state index contributed by atoms with van der Waals surface area (Å²) >= 11 is 5.98. The quantitative estimate of drug-likeness (QED) is 0.847. The van der Waals surface area contributed by atoms with Crippen LogP contribution in [-0.4, -0.2) is 25.5 Å². The Bertz CT molecular complexity index is 464. The molecule has 1 aromatic carbocycles. The Labute approximate surface area is 132 Å². The highest BCUT2D eigenvalue weighted by Gasteiger charge is 2.38. The molecular weight excluding hydrogens is 284 g/mol. The SMILES string of the molecule is CCCC1(C(=O)NCCc2cccc(Cl)c2)CCCNC1. The molecule has 4 heteroatoms. The van der Waals surface area contributed by atoms with Crippen molar-refractivity contribution in [2.75, 3.05) is 19.6 Å². The van der Waals surface area contributed by atoms with Crippen LogP contribution < -0.4 is 10.6 Å². The zero-order chi connectivity index (χ0) is 15.1. The van der Waals surface area contributed by atoms with E-state index in [1.54, 1.807) is 0 Å². The van der Waals surface area contributed by atoms with Crippen molar-refractivity contribution in [1.82, 2.24) is 10.6 Å². The molecule has 1 aliphatic rings. The second-order valence-corrected chi connectivity index (χ2v) is 6.38. The summed E-state index contributed by atoms with van der Waals surface area (Å²) in [6.45, 7) is 4.66. The number of hydrogen-bond acceptors (Lipinski definition) is 2. The minimum atomic E-state index is -0.207. The molecule has 0 radical (unpaired) electrons. The topological polar surface area (TPSA) is 41.1 Å². The molecule has 1 atom stereocenters. The zero-order valence-electron chi connectivity index (χ0n) is 12.8. The van der Waals surface area contributed by atoms with Crippen molar-refractivity contribution in [3.05, 3.63) is 34.9 Å². The zero-order valence-corrected chi connectivity index (χ0v) is 13.5. The van der Waals surface area contributed by atoms with Gasteiger partial charge in [0.1, 0.15) is 0 Å². The number of rotatable bonds is 6. The predicted octanol–water partition coefficient (Wildman–Crippen LogP) is 3.17. The van der Waals surface area contributed by atoms with Gasteiger partial charge >= 0.3 is 0 Å². The van der Waals surface area contributed by atoms with E-state index in [1.807, 2.05) is 24.3 Å². The first-order chi connectivity index (χ1) is 10.2. The Hall–Kier alpha value is -1.06. The number of halogens is 1. The standard InChI is InChI=1S/C17H25ClN2O/c1-2-8-17(9-4-10-19-13-17)16(21)20-11-7-14-5-3-6-15(18)12-14/h3,5-6,12,19H,2,4,7-11,13H2,1H3,(H,20,21). The minimum Gasteiger partial charge on any atom is -0.355 e. The molecule has 0 aliphatic carbocycles. The summed E-state index contributed by atoms with van der Waals surface area (Å²) in [4.78, 5) is 12.6. The average molecular weight is 309 g/mol. The summed E-state index contributed by atoms with van der Waals surface area (Å²) in [7, 11) is 0. The summed E-state index contributed by atoms with van der Waals surface area (Å²) in [6.07, 6.45) is 4.91. The highest BCUT2D eigenvalue weighted by atomic mass is 35.5. The number of carbonyl (C=O) groups is 1. The van der Waals surface area contributed by atoms with Gasteiger partial charge in [-0.3, -0.25) is 4.79 Å². The maximum atomic E-state index is 12.6. The van der Waals surface area contributed by atoms with E-state index in [4.69, 9.17) is 11.6 Å². The van der Waals surface area contributed by atoms with Crippen molar-refractivity contribution in [2.24, 2.45) is 5.41 Å². The maximum Gasteiger partial charge on any atom is 0.227 e. The molecule has 0 saturated carbocycles. The largest absolute Gasteiger partial charge is 0.355 e. The Kier molecular flexibility index (Phi) is 6.07. The van der Waals surface area contributed by atoms with Gasteiger partial charge in [-0.1, -0.05) is 37.1 Å². The van der Waals surface area contributed by atoms with Gasteiger partial charge in [0.15, 0.2) is 0 Å². The second-order valence-electron chi connectivity index (χ2n) is 5.95. The van der Waals surface area contributed by atoms with Crippen molar-refractivity contribution < 1.29 is 4.79 Å². The Morgan fingerprint density at radius 3 is 3.00 bits per heavy atom. The first-order valence-electron chi connectivity index (χ1n) is 7.90. The molecule has 2 N–H and O–H groups in total. The normalized spacial score (nSPS) is 22.0. The van der Waals surface area contributed by atoms with Crippen LogP contribution in [0.4, 0.5) is 0 Å². The van der Waals surface area contributed by atoms with Gasteiger partial charge in [-0.05, 0) is 49.9 Å². The minimum absolute atomic E-state index is 0.207. The van der Waals surface area contributed by atoms with Crippen LogP contribution in [0.5, 0.6) is 0 Å². The number of benzene rings is 1. The van der Waals surface area contributed by atoms with Crippen LogP contribution in [0.2, 0.25) is 5.02 Å². The van der Waals surface area contributed by atoms with E-state index in [-0.39, 0.29) is 11.3 Å². The molecule has 1 fully saturated rings. The average Bonchev–Trinajstić information content (AvgIpc) is 2.48. The van der Waals surface area contributed by atoms with Gasteiger partial charge in [0, 0.05) is 18.1 Å². The highest BCUT2D eigenvalue weighted by molar-refractivity contribution is 6.30. The summed E-state index contributed by atoms with van der Waals surface area (Å²) in [5, 5.41) is 7.25. The van der Waals surface area contributed by atoms with Gasteiger partial charge in [-0.2, -0.15) is 0 Å². The van der Waals surface area contributed by atoms with Crippen LogP contribution in [0, 0.1) is 5.41 Å². The lowest BCUT2D eigenvalue weighted by molar-refractivity contribution is -0.132. The molecule has 1 aliphatic heterocycles. The van der Waals surface area contributed by atoms with Gasteiger partial charge in [0.05, 0.1) is 5.41 Å². The molecule has 3 nitrogen and oxygen atoms in total. The fourth-order valence-corrected chi connectivity index (χ4v) is 3.38. The van der Waals surface area contributed by atoms with Crippen LogP contribution in [0.15, 0.2) is 24.3 Å². The third-order valence-corrected chi connectivity index (χ3v) is 4.51. The van der Waals surface area contributed by atoms with Crippen LogP contribution in [0.3, 0.4) is 0 Å². The lowest BCUT2D eigenvalue weighted by Crippen LogP contribution is -2.50. The molecule has 0 bridgehead atoms. The number of carbonyl (C=O) groups excluding carboxylic acids is 1. The summed E-state index contributed by atoms with van der Waals surface area (Å²) in [5.74, 6) is 0.207. The first-order valence-corrected chi connectivity index (χ1v) is 8.27. The number of piperidine rings is 1. The van der Waals surface area contributed by atoms with Gasteiger partial charge in [0.2, 0.25) is 5.91 Å². The van der Waals surface area contributed by atoms with E-state index in [1.165, 1.54) is 0 Å². The number of hydrogen-bond donors (Lipinski definition) is 2. The fraction of sp³-hybridized carbons (Fsp3) is 0.588. The van der Waals surface area contributed by atoms with E-state index < -0.39 is 0 Å². The van der Waals surface area contributed by atoms with Gasteiger partial charge in [0.25, 0.3) is 0 Å². The second kappa shape index (κ2) is 7.81. The van der Waals surface area contributed by atoms with E-state index >= 15 is 0 Å². The Morgan fingerprint density at radius 1 is 1.48 bits per heavy atom. The molecule has 1 saturated heterocycles. The van der Waals surface area contributed by atoms with Crippen LogP contribution >= 0.6 is 11.6 Å². The molecule has 116 valence electrons. The van der Waals surface area contributed by atoms with E-state index in [2.05, 4.69) is 17.6 Å². The molecule has 2 rings (SSSR count).